The van der Waals surface area contributed by atoms with Crippen molar-refractivity contribution >= 4 is 38.2 Å². The number of fused-ring (bicyclic) bond motifs is 1. The topological polar surface area (TPSA) is 91.8 Å². The molecule has 1 saturated heterocycles. The van der Waals surface area contributed by atoms with E-state index in [-0.39, 0.29) is 23.0 Å². The molecule has 3 atom stereocenters. The van der Waals surface area contributed by atoms with Gasteiger partial charge in [0.2, 0.25) is 5.95 Å². The fourth-order valence-corrected chi connectivity index (χ4v) is 6.02. The van der Waals surface area contributed by atoms with Crippen LogP contribution in [0.3, 0.4) is 0 Å². The van der Waals surface area contributed by atoms with Gasteiger partial charge in [-0.05, 0) is 42.1 Å². The second kappa shape index (κ2) is 11.4. The molecule has 0 aliphatic carbocycles. The van der Waals surface area contributed by atoms with E-state index < -0.39 is 33.3 Å². The molecule has 0 spiro atoms. The molecular weight excluding hydrogens is 544 g/mol. The van der Waals surface area contributed by atoms with Crippen LogP contribution in [0.15, 0.2) is 48.7 Å². The molecule has 2 aromatic carbocycles. The van der Waals surface area contributed by atoms with E-state index >= 15 is 4.39 Å². The Balaban J connectivity index is 1.37. The van der Waals surface area contributed by atoms with Crippen LogP contribution >= 0.6 is 0 Å². The summed E-state index contributed by atoms with van der Waals surface area (Å²) in [5.41, 5.74) is 2.95. The van der Waals surface area contributed by atoms with Gasteiger partial charge < -0.3 is 15.4 Å². The van der Waals surface area contributed by atoms with Crippen LogP contribution in [0.1, 0.15) is 24.5 Å². The molecule has 1 aliphatic rings. The quantitative estimate of drug-likeness (QED) is 0.203. The number of halogens is 4. The maximum Gasteiger partial charge on any atom is 0.223 e. The van der Waals surface area contributed by atoms with E-state index in [1.807, 2.05) is 13.0 Å². The normalized spacial score (nSPS) is 18.8. The molecule has 0 saturated carbocycles. The Kier molecular flexibility index (Phi) is 7.90. The van der Waals surface area contributed by atoms with Crippen molar-refractivity contribution in [3.05, 3.63) is 77.2 Å². The summed E-state index contributed by atoms with van der Waals surface area (Å²) in [5.74, 6) is 1.32. The van der Waals surface area contributed by atoms with Crippen molar-refractivity contribution in [3.63, 3.8) is 0 Å². The summed E-state index contributed by atoms with van der Waals surface area (Å²) in [6.45, 7) is 2.92. The second-order valence-electron chi connectivity index (χ2n) is 9.77. The molecular formula is C28H28F4N6OS. The third-order valence-corrected chi connectivity index (χ3v) is 7.97. The van der Waals surface area contributed by atoms with Crippen LogP contribution in [0.5, 0.6) is 0 Å². The first kappa shape index (κ1) is 27.8. The summed E-state index contributed by atoms with van der Waals surface area (Å²) < 4.78 is 71.6. The van der Waals surface area contributed by atoms with Gasteiger partial charge in [-0.2, -0.15) is 0 Å². The molecule has 4 aromatic rings. The van der Waals surface area contributed by atoms with Gasteiger partial charge in [-0.15, -0.1) is 0 Å². The Bertz CT molecular complexity index is 1670. The van der Waals surface area contributed by atoms with E-state index in [4.69, 9.17) is 0 Å². The predicted molar refractivity (Wildman–Crippen MR) is 151 cm³/mol. The molecule has 1 unspecified atom stereocenters. The first-order chi connectivity index (χ1) is 19.1. The lowest BCUT2D eigenvalue weighted by atomic mass is 10.1. The van der Waals surface area contributed by atoms with Crippen LogP contribution < -0.4 is 15.4 Å². The van der Waals surface area contributed by atoms with Crippen LogP contribution in [-0.4, -0.2) is 50.3 Å². The molecule has 7 nitrogen and oxygen atoms in total. The number of nitrogens with one attached hydrogen (secondary N) is 3. The zero-order valence-corrected chi connectivity index (χ0v) is 22.5. The van der Waals surface area contributed by atoms with E-state index in [2.05, 4.69) is 36.2 Å². The smallest absolute Gasteiger partial charge is 0.223 e. The van der Waals surface area contributed by atoms with Crippen LogP contribution in [0, 0.1) is 17.5 Å². The number of piperidine rings is 1. The highest BCUT2D eigenvalue weighted by Crippen LogP contribution is 2.28. The van der Waals surface area contributed by atoms with Crippen molar-refractivity contribution in [2.24, 2.45) is 0 Å². The van der Waals surface area contributed by atoms with Crippen LogP contribution in [0.2, 0.25) is 0 Å². The molecule has 0 bridgehead atoms. The highest BCUT2D eigenvalue weighted by Gasteiger charge is 2.22. The molecule has 3 heterocycles. The van der Waals surface area contributed by atoms with E-state index in [1.54, 1.807) is 12.3 Å². The first-order valence-electron chi connectivity index (χ1n) is 12.7. The molecule has 0 radical (unpaired) electrons. The average Bonchev–Trinajstić information content (AvgIpc) is 2.91. The SMILES string of the molecule is C=S(=O)(Cc1ccc(F)cc1F)Nc1ccc(-c2cc(CC)c3nc(N[C@@H]4CNC[C@@H](F)C4)ncc3n2)cc1F. The Labute approximate surface area is 229 Å². The van der Waals surface area contributed by atoms with Gasteiger partial charge in [0.05, 0.1) is 28.8 Å². The molecule has 3 N–H and O–H groups in total. The number of benzene rings is 2. The van der Waals surface area contributed by atoms with Gasteiger partial charge in [0.25, 0.3) is 0 Å². The van der Waals surface area contributed by atoms with Gasteiger partial charge >= 0.3 is 0 Å². The van der Waals surface area contributed by atoms with Gasteiger partial charge in [0.1, 0.15) is 29.1 Å². The molecule has 1 aliphatic heterocycles. The number of hydrogen-bond donors (Lipinski definition) is 3. The third kappa shape index (κ3) is 6.34. The zero-order valence-electron chi connectivity index (χ0n) is 21.7. The number of alkyl halides is 1. The lowest BCUT2D eigenvalue weighted by Gasteiger charge is -2.26. The summed E-state index contributed by atoms with van der Waals surface area (Å²) in [6.07, 6.45) is 1.65. The monoisotopic (exact) mass is 572 g/mol. The number of aromatic nitrogens is 3. The summed E-state index contributed by atoms with van der Waals surface area (Å²) in [7, 11) is -3.20. The predicted octanol–water partition coefficient (Wildman–Crippen LogP) is 5.03. The highest BCUT2D eigenvalue weighted by molar-refractivity contribution is 8.00. The van der Waals surface area contributed by atoms with Gasteiger partial charge in [-0.1, -0.05) is 19.1 Å². The fraction of sp³-hybridized carbons (Fsp3) is 0.286. The molecule has 12 heteroatoms. The maximum absolute atomic E-state index is 15.1. The molecule has 40 heavy (non-hydrogen) atoms. The molecule has 5 rings (SSSR count). The fourth-order valence-electron chi connectivity index (χ4n) is 4.64. The number of rotatable bonds is 8. The number of pyridine rings is 1. The highest BCUT2D eigenvalue weighted by atomic mass is 32.2. The van der Waals surface area contributed by atoms with Crippen LogP contribution in [-0.2, 0) is 21.9 Å². The molecule has 2 aromatic heterocycles. The van der Waals surface area contributed by atoms with Gasteiger partial charge in [0.15, 0.2) is 0 Å². The lowest BCUT2D eigenvalue weighted by molar-refractivity contribution is 0.254. The Morgan fingerprint density at radius 1 is 1.05 bits per heavy atom. The van der Waals surface area contributed by atoms with E-state index in [0.29, 0.717) is 60.2 Å². The zero-order chi connectivity index (χ0) is 28.4. The number of anilines is 2. The molecule has 1 fully saturated rings. The summed E-state index contributed by atoms with van der Waals surface area (Å²) >= 11 is 0. The van der Waals surface area contributed by atoms with Crippen molar-refractivity contribution in [1.82, 2.24) is 20.3 Å². The first-order valence-corrected chi connectivity index (χ1v) is 14.6. The number of nitrogens with zero attached hydrogens (tertiary/aromatic N) is 3. The van der Waals surface area contributed by atoms with Crippen LogP contribution in [0.25, 0.3) is 22.3 Å². The number of aryl methyl sites for hydroxylation is 1. The largest absolute Gasteiger partial charge is 0.350 e. The minimum atomic E-state index is -3.20. The minimum absolute atomic E-state index is 0.000907. The summed E-state index contributed by atoms with van der Waals surface area (Å²) in [6, 6.07) is 8.91. The molecule has 210 valence electrons. The van der Waals surface area contributed by atoms with E-state index in [1.165, 1.54) is 18.2 Å². The molecule has 0 amide bonds. The number of hydrogen-bond acceptors (Lipinski definition) is 6. The second-order valence-corrected chi connectivity index (χ2v) is 11.9. The van der Waals surface area contributed by atoms with Gasteiger partial charge in [-0.3, -0.25) is 0 Å². The van der Waals surface area contributed by atoms with E-state index in [9.17, 15) is 17.4 Å². The summed E-state index contributed by atoms with van der Waals surface area (Å²) in [5, 5.41) is 6.22. The average molecular weight is 573 g/mol. The van der Waals surface area contributed by atoms with E-state index in [0.717, 1.165) is 11.6 Å². The third-order valence-electron chi connectivity index (χ3n) is 6.60. The Morgan fingerprint density at radius 3 is 2.60 bits per heavy atom. The Hall–Kier alpha value is -3.77. The van der Waals surface area contributed by atoms with Crippen molar-refractivity contribution in [2.75, 3.05) is 23.1 Å². The van der Waals surface area contributed by atoms with Crippen molar-refractivity contribution in [3.8, 4) is 11.3 Å². The van der Waals surface area contributed by atoms with Gasteiger partial charge in [0, 0.05) is 52.5 Å². The van der Waals surface area contributed by atoms with Crippen molar-refractivity contribution < 1.29 is 21.8 Å². The van der Waals surface area contributed by atoms with Crippen molar-refractivity contribution in [1.29, 1.82) is 0 Å². The van der Waals surface area contributed by atoms with Gasteiger partial charge in [-0.25, -0.2) is 36.7 Å². The van der Waals surface area contributed by atoms with Crippen molar-refractivity contribution in [2.45, 2.75) is 37.7 Å². The maximum atomic E-state index is 15.1. The lowest BCUT2D eigenvalue weighted by Crippen LogP contribution is -2.44. The Morgan fingerprint density at radius 2 is 1.88 bits per heavy atom. The minimum Gasteiger partial charge on any atom is -0.350 e. The van der Waals surface area contributed by atoms with Crippen LogP contribution in [0.4, 0.5) is 29.2 Å². The summed E-state index contributed by atoms with van der Waals surface area (Å²) in [4.78, 5) is 13.6. The standard InChI is InChI=1S/C28H28F4N6OS/c1-3-16-9-25(36-26-14-34-28(37-27(16)26)35-21-10-20(30)12-33-13-21)17-5-7-24(23(32)8-17)38-40(2,39)15-18-4-6-19(29)11-22(18)31/h4-9,11,14,20-21,33H,2-3,10,12-13,15H2,1H3,(H,38,39)(H,34,35,37)/t20-,21-,40?/m0/s1.